The van der Waals surface area contributed by atoms with Crippen molar-refractivity contribution < 1.29 is 9.53 Å². The molecule has 0 saturated carbocycles. The Morgan fingerprint density at radius 2 is 2.04 bits per heavy atom. The maximum atomic E-state index is 11.8. The number of aryl methyl sites for hydroxylation is 1. The lowest BCUT2D eigenvalue weighted by atomic mass is 10.2. The van der Waals surface area contributed by atoms with Crippen LogP contribution in [0.5, 0.6) is 5.75 Å². The molecule has 23 heavy (non-hydrogen) atoms. The standard InChI is InChI=1S/C17H20ClN3O2/c1-12-7-8-15(14(19)11-12)21-17(22)20-9-4-10-23-16-6-3-2-5-13(16)18/h2-3,5-8,11H,4,9-10,19H2,1H3,(H2,20,21,22). The van der Waals surface area contributed by atoms with Crippen molar-refractivity contribution in [2.45, 2.75) is 13.3 Å². The number of amides is 2. The van der Waals surface area contributed by atoms with Gasteiger partial charge >= 0.3 is 6.03 Å². The summed E-state index contributed by atoms with van der Waals surface area (Å²) in [5.74, 6) is 0.644. The molecule has 0 spiro atoms. The summed E-state index contributed by atoms with van der Waals surface area (Å²) in [6, 6.07) is 12.5. The monoisotopic (exact) mass is 333 g/mol. The number of ether oxygens (including phenoxy) is 1. The van der Waals surface area contributed by atoms with Gasteiger partial charge in [0.15, 0.2) is 0 Å². The topological polar surface area (TPSA) is 76.4 Å². The van der Waals surface area contributed by atoms with Crippen LogP contribution < -0.4 is 21.1 Å². The molecule has 0 fully saturated rings. The van der Waals surface area contributed by atoms with E-state index in [9.17, 15) is 4.79 Å². The fourth-order valence-electron chi connectivity index (χ4n) is 1.98. The molecule has 0 unspecified atom stereocenters. The molecule has 0 saturated heterocycles. The number of hydrogen-bond acceptors (Lipinski definition) is 3. The van der Waals surface area contributed by atoms with E-state index in [1.165, 1.54) is 0 Å². The summed E-state index contributed by atoms with van der Waals surface area (Å²) in [6.07, 6.45) is 0.669. The Labute approximate surface area is 140 Å². The number of urea groups is 1. The molecule has 0 aromatic heterocycles. The number of nitrogens with one attached hydrogen (secondary N) is 2. The first-order chi connectivity index (χ1) is 11.1. The van der Waals surface area contributed by atoms with Crippen molar-refractivity contribution in [1.82, 2.24) is 5.32 Å². The van der Waals surface area contributed by atoms with Gasteiger partial charge in [0.25, 0.3) is 0 Å². The fraction of sp³-hybridized carbons (Fsp3) is 0.235. The van der Waals surface area contributed by atoms with Gasteiger partial charge in [-0.1, -0.05) is 29.8 Å². The highest BCUT2D eigenvalue weighted by atomic mass is 35.5. The highest BCUT2D eigenvalue weighted by molar-refractivity contribution is 6.32. The van der Waals surface area contributed by atoms with Crippen LogP contribution in [-0.4, -0.2) is 19.2 Å². The number of hydrogen-bond donors (Lipinski definition) is 3. The van der Waals surface area contributed by atoms with E-state index >= 15 is 0 Å². The van der Waals surface area contributed by atoms with Crippen LogP contribution in [0.3, 0.4) is 0 Å². The molecular weight excluding hydrogens is 314 g/mol. The molecule has 4 N–H and O–H groups in total. The van der Waals surface area contributed by atoms with Gasteiger partial charge in [-0.2, -0.15) is 0 Å². The molecule has 2 amide bonds. The van der Waals surface area contributed by atoms with Crippen LogP contribution in [-0.2, 0) is 0 Å². The van der Waals surface area contributed by atoms with E-state index in [1.807, 2.05) is 37.3 Å². The number of nitrogen functional groups attached to an aromatic ring is 1. The summed E-state index contributed by atoms with van der Waals surface area (Å²) in [6.45, 7) is 2.90. The van der Waals surface area contributed by atoms with E-state index in [0.29, 0.717) is 41.7 Å². The maximum absolute atomic E-state index is 11.8. The zero-order valence-corrected chi connectivity index (χ0v) is 13.7. The van der Waals surface area contributed by atoms with E-state index in [4.69, 9.17) is 22.1 Å². The summed E-state index contributed by atoms with van der Waals surface area (Å²) in [5, 5.41) is 6.05. The van der Waals surface area contributed by atoms with Gasteiger partial charge < -0.3 is 21.1 Å². The van der Waals surface area contributed by atoms with Crippen LogP contribution in [0, 0.1) is 6.92 Å². The predicted octanol–water partition coefficient (Wildman–Crippen LogP) is 3.82. The van der Waals surface area contributed by atoms with Crippen molar-refractivity contribution >= 4 is 29.0 Å². The van der Waals surface area contributed by atoms with E-state index in [2.05, 4.69) is 10.6 Å². The van der Waals surface area contributed by atoms with Crippen LogP contribution in [0.1, 0.15) is 12.0 Å². The van der Waals surface area contributed by atoms with Crippen molar-refractivity contribution in [2.75, 3.05) is 24.2 Å². The van der Waals surface area contributed by atoms with E-state index < -0.39 is 0 Å². The van der Waals surface area contributed by atoms with Crippen molar-refractivity contribution in [2.24, 2.45) is 0 Å². The van der Waals surface area contributed by atoms with Gasteiger partial charge in [0.05, 0.1) is 23.0 Å². The Hall–Kier alpha value is -2.40. The maximum Gasteiger partial charge on any atom is 0.319 e. The summed E-state index contributed by atoms with van der Waals surface area (Å²) in [5.41, 5.74) is 8.04. The van der Waals surface area contributed by atoms with Gasteiger partial charge in [-0.25, -0.2) is 4.79 Å². The summed E-state index contributed by atoms with van der Waals surface area (Å²) >= 11 is 5.99. The Balaban J connectivity index is 1.68. The first kappa shape index (κ1) is 17.0. The fourth-order valence-corrected chi connectivity index (χ4v) is 2.17. The molecule has 6 heteroatoms. The second kappa shape index (κ2) is 8.29. The largest absolute Gasteiger partial charge is 0.492 e. The Kier molecular flexibility index (Phi) is 6.11. The lowest BCUT2D eigenvalue weighted by Crippen LogP contribution is -2.30. The van der Waals surface area contributed by atoms with Crippen molar-refractivity contribution in [3.63, 3.8) is 0 Å². The molecule has 0 bridgehead atoms. The molecule has 0 heterocycles. The van der Waals surface area contributed by atoms with Gasteiger partial charge in [-0.3, -0.25) is 0 Å². The lowest BCUT2D eigenvalue weighted by molar-refractivity contribution is 0.250. The number of benzene rings is 2. The second-order valence-corrected chi connectivity index (χ2v) is 5.51. The first-order valence-corrected chi connectivity index (χ1v) is 7.72. The molecule has 0 aliphatic carbocycles. The minimum Gasteiger partial charge on any atom is -0.492 e. The molecule has 0 radical (unpaired) electrons. The number of nitrogens with two attached hydrogens (primary N) is 1. The third-order valence-corrected chi connectivity index (χ3v) is 3.47. The molecule has 0 aliphatic heterocycles. The Morgan fingerprint density at radius 1 is 1.26 bits per heavy atom. The van der Waals surface area contributed by atoms with Gasteiger partial charge in [0.1, 0.15) is 5.75 Å². The van der Waals surface area contributed by atoms with E-state index in [1.54, 1.807) is 12.1 Å². The number of carbonyl (C=O) groups is 1. The number of carbonyl (C=O) groups excluding carboxylic acids is 1. The molecule has 0 aliphatic rings. The van der Waals surface area contributed by atoms with Crippen molar-refractivity contribution in [3.8, 4) is 5.75 Å². The lowest BCUT2D eigenvalue weighted by Gasteiger charge is -2.11. The molecule has 2 aromatic rings. The van der Waals surface area contributed by atoms with E-state index in [0.717, 1.165) is 5.56 Å². The molecule has 5 nitrogen and oxygen atoms in total. The van der Waals surface area contributed by atoms with Gasteiger partial charge in [0.2, 0.25) is 0 Å². The molecular formula is C17H20ClN3O2. The molecule has 0 atom stereocenters. The predicted molar refractivity (Wildman–Crippen MR) is 94.2 cm³/mol. The number of halogens is 1. The number of anilines is 2. The normalized spacial score (nSPS) is 10.2. The van der Waals surface area contributed by atoms with E-state index in [-0.39, 0.29) is 6.03 Å². The quantitative estimate of drug-likeness (QED) is 0.555. The molecule has 2 aromatic carbocycles. The Morgan fingerprint density at radius 3 is 2.78 bits per heavy atom. The van der Waals surface area contributed by atoms with Crippen LogP contribution in [0.4, 0.5) is 16.2 Å². The third-order valence-electron chi connectivity index (χ3n) is 3.16. The first-order valence-electron chi connectivity index (χ1n) is 7.34. The summed E-state index contributed by atoms with van der Waals surface area (Å²) in [4.78, 5) is 11.8. The SMILES string of the molecule is Cc1ccc(NC(=O)NCCCOc2ccccc2Cl)c(N)c1. The zero-order valence-electron chi connectivity index (χ0n) is 12.9. The second-order valence-electron chi connectivity index (χ2n) is 5.10. The third kappa shape index (κ3) is 5.38. The Bertz CT molecular complexity index is 677. The van der Waals surface area contributed by atoms with Crippen LogP contribution >= 0.6 is 11.6 Å². The van der Waals surface area contributed by atoms with Crippen LogP contribution in [0.2, 0.25) is 5.02 Å². The summed E-state index contributed by atoms with van der Waals surface area (Å²) in [7, 11) is 0. The van der Waals surface area contributed by atoms with Gasteiger partial charge in [-0.15, -0.1) is 0 Å². The zero-order chi connectivity index (χ0) is 16.7. The molecule has 2 rings (SSSR count). The minimum absolute atomic E-state index is 0.293. The minimum atomic E-state index is -0.293. The molecule has 122 valence electrons. The average molecular weight is 334 g/mol. The number of para-hydroxylation sites is 1. The van der Waals surface area contributed by atoms with Crippen molar-refractivity contribution in [1.29, 1.82) is 0 Å². The van der Waals surface area contributed by atoms with Crippen LogP contribution in [0.15, 0.2) is 42.5 Å². The number of rotatable bonds is 6. The van der Waals surface area contributed by atoms with Gasteiger partial charge in [0, 0.05) is 6.54 Å². The highest BCUT2D eigenvalue weighted by Crippen LogP contribution is 2.23. The highest BCUT2D eigenvalue weighted by Gasteiger charge is 2.05. The summed E-state index contributed by atoms with van der Waals surface area (Å²) < 4.78 is 5.55. The van der Waals surface area contributed by atoms with Crippen LogP contribution in [0.25, 0.3) is 0 Å². The smallest absolute Gasteiger partial charge is 0.319 e. The van der Waals surface area contributed by atoms with Gasteiger partial charge in [-0.05, 0) is 43.2 Å². The van der Waals surface area contributed by atoms with Crippen molar-refractivity contribution in [3.05, 3.63) is 53.1 Å². The average Bonchev–Trinajstić information content (AvgIpc) is 2.51.